The zero-order chi connectivity index (χ0) is 16.7. The molecule has 0 saturated carbocycles. The number of benzene rings is 2. The summed E-state index contributed by atoms with van der Waals surface area (Å²) in [5.41, 5.74) is 3.43. The van der Waals surface area contributed by atoms with Crippen molar-refractivity contribution in [3.8, 4) is 0 Å². The molecular formula is C18H19NO3S. The standard InChI is InChI=1S/C18H19NO3S/c1-13-6-8-14(9-7-13)11-23-12-17(20)19-16-5-3-4-15(10-16)18(21)22-2/h3-10H,11-12H2,1-2H3,(H,19,20). The highest BCUT2D eigenvalue weighted by molar-refractivity contribution is 7.99. The highest BCUT2D eigenvalue weighted by Gasteiger charge is 2.08. The molecule has 2 aromatic carbocycles. The Bertz CT molecular complexity index is 683. The van der Waals surface area contributed by atoms with Crippen LogP contribution in [0.4, 0.5) is 5.69 Å². The van der Waals surface area contributed by atoms with E-state index in [1.165, 1.54) is 18.2 Å². The fourth-order valence-electron chi connectivity index (χ4n) is 1.98. The first-order chi connectivity index (χ1) is 11.1. The summed E-state index contributed by atoms with van der Waals surface area (Å²) < 4.78 is 4.66. The summed E-state index contributed by atoms with van der Waals surface area (Å²) >= 11 is 1.55. The van der Waals surface area contributed by atoms with Crippen molar-refractivity contribution in [1.82, 2.24) is 0 Å². The lowest BCUT2D eigenvalue weighted by molar-refractivity contribution is -0.113. The Hall–Kier alpha value is -2.27. The molecule has 0 spiro atoms. The quantitative estimate of drug-likeness (QED) is 0.822. The molecule has 1 amide bonds. The Kier molecular flexibility index (Phi) is 6.23. The number of methoxy groups -OCH3 is 1. The summed E-state index contributed by atoms with van der Waals surface area (Å²) in [5.74, 6) is 0.630. The van der Waals surface area contributed by atoms with E-state index < -0.39 is 5.97 Å². The Balaban J connectivity index is 1.82. The molecule has 1 N–H and O–H groups in total. The van der Waals surface area contributed by atoms with Crippen molar-refractivity contribution in [2.75, 3.05) is 18.2 Å². The van der Waals surface area contributed by atoms with Gasteiger partial charge in [0.05, 0.1) is 18.4 Å². The normalized spacial score (nSPS) is 10.2. The number of aryl methyl sites for hydroxylation is 1. The summed E-state index contributed by atoms with van der Waals surface area (Å²) in [5, 5.41) is 2.79. The van der Waals surface area contributed by atoms with Crippen molar-refractivity contribution in [2.45, 2.75) is 12.7 Å². The second-order valence-electron chi connectivity index (χ2n) is 5.10. The van der Waals surface area contributed by atoms with Gasteiger partial charge in [0.15, 0.2) is 0 Å². The molecule has 0 unspecified atom stereocenters. The molecule has 2 aromatic rings. The molecule has 120 valence electrons. The zero-order valence-electron chi connectivity index (χ0n) is 13.2. The smallest absolute Gasteiger partial charge is 0.337 e. The fourth-order valence-corrected chi connectivity index (χ4v) is 2.77. The van der Waals surface area contributed by atoms with Crippen molar-refractivity contribution in [3.05, 3.63) is 65.2 Å². The van der Waals surface area contributed by atoms with Gasteiger partial charge in [-0.05, 0) is 30.7 Å². The van der Waals surface area contributed by atoms with Gasteiger partial charge in [0.2, 0.25) is 5.91 Å². The Morgan fingerprint density at radius 1 is 1.13 bits per heavy atom. The number of rotatable bonds is 6. The lowest BCUT2D eigenvalue weighted by atomic mass is 10.2. The molecular weight excluding hydrogens is 310 g/mol. The van der Waals surface area contributed by atoms with Crippen LogP contribution < -0.4 is 5.32 Å². The predicted octanol–water partition coefficient (Wildman–Crippen LogP) is 3.65. The van der Waals surface area contributed by atoms with Crippen LogP contribution in [-0.4, -0.2) is 24.7 Å². The van der Waals surface area contributed by atoms with E-state index in [0.717, 1.165) is 5.75 Å². The van der Waals surface area contributed by atoms with Crippen molar-refractivity contribution < 1.29 is 14.3 Å². The van der Waals surface area contributed by atoms with Crippen molar-refractivity contribution in [2.24, 2.45) is 0 Å². The number of carbonyl (C=O) groups is 2. The van der Waals surface area contributed by atoms with Crippen LogP contribution in [0.3, 0.4) is 0 Å². The van der Waals surface area contributed by atoms with Crippen LogP contribution in [0.1, 0.15) is 21.5 Å². The molecule has 2 rings (SSSR count). The number of hydrogen-bond acceptors (Lipinski definition) is 4. The van der Waals surface area contributed by atoms with Gasteiger partial charge < -0.3 is 10.1 Å². The van der Waals surface area contributed by atoms with Crippen molar-refractivity contribution >= 4 is 29.3 Å². The minimum absolute atomic E-state index is 0.0934. The third kappa shape index (κ3) is 5.45. The molecule has 5 heteroatoms. The maximum absolute atomic E-state index is 12.0. The van der Waals surface area contributed by atoms with Crippen LogP contribution in [0.15, 0.2) is 48.5 Å². The van der Waals surface area contributed by atoms with Gasteiger partial charge in [-0.1, -0.05) is 35.9 Å². The average Bonchev–Trinajstić information content (AvgIpc) is 2.56. The Morgan fingerprint density at radius 2 is 1.87 bits per heavy atom. The second-order valence-corrected chi connectivity index (χ2v) is 6.08. The second kappa shape index (κ2) is 8.39. The van der Waals surface area contributed by atoms with Gasteiger partial charge in [0.1, 0.15) is 0 Å². The number of hydrogen-bond donors (Lipinski definition) is 1. The van der Waals surface area contributed by atoms with Crippen LogP contribution in [0.5, 0.6) is 0 Å². The first kappa shape index (κ1) is 17.1. The molecule has 0 heterocycles. The summed E-state index contributed by atoms with van der Waals surface area (Å²) in [6.07, 6.45) is 0. The monoisotopic (exact) mass is 329 g/mol. The van der Waals surface area contributed by atoms with Gasteiger partial charge in [0.25, 0.3) is 0 Å². The first-order valence-corrected chi connectivity index (χ1v) is 8.35. The van der Waals surface area contributed by atoms with Crippen LogP contribution >= 0.6 is 11.8 Å². The molecule has 0 aliphatic heterocycles. The van der Waals surface area contributed by atoms with E-state index in [1.54, 1.807) is 36.0 Å². The molecule has 0 atom stereocenters. The first-order valence-electron chi connectivity index (χ1n) is 7.20. The number of esters is 1. The lowest BCUT2D eigenvalue weighted by Gasteiger charge is -2.07. The van der Waals surface area contributed by atoms with E-state index in [4.69, 9.17) is 0 Å². The van der Waals surface area contributed by atoms with E-state index in [0.29, 0.717) is 17.0 Å². The van der Waals surface area contributed by atoms with Gasteiger partial charge in [-0.25, -0.2) is 4.79 Å². The molecule has 0 aliphatic carbocycles. The summed E-state index contributed by atoms with van der Waals surface area (Å²) in [7, 11) is 1.33. The van der Waals surface area contributed by atoms with Gasteiger partial charge in [-0.3, -0.25) is 4.79 Å². The average molecular weight is 329 g/mol. The van der Waals surface area contributed by atoms with Gasteiger partial charge in [0, 0.05) is 11.4 Å². The van der Waals surface area contributed by atoms with Crippen LogP contribution in [-0.2, 0) is 15.3 Å². The molecule has 0 aromatic heterocycles. The highest BCUT2D eigenvalue weighted by atomic mass is 32.2. The summed E-state index contributed by atoms with van der Waals surface area (Å²) in [6, 6.07) is 15.0. The number of amides is 1. The van der Waals surface area contributed by atoms with E-state index in [-0.39, 0.29) is 5.91 Å². The lowest BCUT2D eigenvalue weighted by Crippen LogP contribution is -2.14. The Labute approximate surface area is 140 Å². The molecule has 0 radical (unpaired) electrons. The topological polar surface area (TPSA) is 55.4 Å². The predicted molar refractivity (Wildman–Crippen MR) is 93.8 cm³/mol. The minimum atomic E-state index is -0.421. The zero-order valence-corrected chi connectivity index (χ0v) is 14.0. The summed E-state index contributed by atoms with van der Waals surface area (Å²) in [4.78, 5) is 23.4. The van der Waals surface area contributed by atoms with Crippen LogP contribution in [0.2, 0.25) is 0 Å². The molecule has 23 heavy (non-hydrogen) atoms. The fraction of sp³-hybridized carbons (Fsp3) is 0.222. The highest BCUT2D eigenvalue weighted by Crippen LogP contribution is 2.15. The number of nitrogens with one attached hydrogen (secondary N) is 1. The molecule has 0 aliphatic rings. The maximum Gasteiger partial charge on any atom is 0.337 e. The SMILES string of the molecule is COC(=O)c1cccc(NC(=O)CSCc2ccc(C)cc2)c1. The van der Waals surface area contributed by atoms with Gasteiger partial charge >= 0.3 is 5.97 Å². The molecule has 0 fully saturated rings. The molecule has 0 bridgehead atoms. The molecule has 0 saturated heterocycles. The van der Waals surface area contributed by atoms with E-state index >= 15 is 0 Å². The number of carbonyl (C=O) groups excluding carboxylic acids is 2. The van der Waals surface area contributed by atoms with Crippen LogP contribution in [0, 0.1) is 6.92 Å². The number of thioether (sulfide) groups is 1. The van der Waals surface area contributed by atoms with E-state index in [9.17, 15) is 9.59 Å². The number of anilines is 1. The van der Waals surface area contributed by atoms with Crippen molar-refractivity contribution in [3.63, 3.8) is 0 Å². The summed E-state index contributed by atoms with van der Waals surface area (Å²) in [6.45, 7) is 2.05. The Morgan fingerprint density at radius 3 is 2.57 bits per heavy atom. The van der Waals surface area contributed by atoms with Gasteiger partial charge in [-0.2, -0.15) is 0 Å². The largest absolute Gasteiger partial charge is 0.465 e. The van der Waals surface area contributed by atoms with Crippen molar-refractivity contribution in [1.29, 1.82) is 0 Å². The van der Waals surface area contributed by atoms with Gasteiger partial charge in [-0.15, -0.1) is 11.8 Å². The van der Waals surface area contributed by atoms with Crippen LogP contribution in [0.25, 0.3) is 0 Å². The number of ether oxygens (including phenoxy) is 1. The maximum atomic E-state index is 12.0. The minimum Gasteiger partial charge on any atom is -0.465 e. The van der Waals surface area contributed by atoms with E-state index in [2.05, 4.69) is 34.3 Å². The molecule has 4 nitrogen and oxygen atoms in total. The van der Waals surface area contributed by atoms with E-state index in [1.807, 2.05) is 6.92 Å². The third-order valence-electron chi connectivity index (χ3n) is 3.19. The third-order valence-corrected chi connectivity index (χ3v) is 4.19.